The normalized spacial score (nSPS) is 22.3. The summed E-state index contributed by atoms with van der Waals surface area (Å²) in [5.74, 6) is 0.0426. The van der Waals surface area contributed by atoms with Crippen molar-refractivity contribution in [1.29, 1.82) is 0 Å². The van der Waals surface area contributed by atoms with Crippen LogP contribution >= 0.6 is 0 Å². The van der Waals surface area contributed by atoms with Gasteiger partial charge in [-0.05, 0) is 12.8 Å². The van der Waals surface area contributed by atoms with Crippen LogP contribution in [0.15, 0.2) is 0 Å². The molecule has 0 radical (unpaired) electrons. The number of nitrogens with zero attached hydrogens (tertiary/aromatic N) is 2. The summed E-state index contributed by atoms with van der Waals surface area (Å²) in [5, 5.41) is 8.65. The Bertz CT molecular complexity index is 238. The highest BCUT2D eigenvalue weighted by molar-refractivity contribution is 5.66. The van der Waals surface area contributed by atoms with Crippen LogP contribution in [0.25, 0.3) is 0 Å². The molecule has 1 heterocycles. The van der Waals surface area contributed by atoms with Crippen LogP contribution in [0, 0.1) is 5.92 Å². The number of carboxylic acids is 1. The molecule has 1 rings (SSSR count). The molecule has 0 saturated carbocycles. The highest BCUT2D eigenvalue weighted by Gasteiger charge is 2.23. The highest BCUT2D eigenvalue weighted by atomic mass is 16.4. The Kier molecular flexibility index (Phi) is 5.92. The fourth-order valence-electron chi connectivity index (χ4n) is 2.35. The Balaban J connectivity index is 2.27. The summed E-state index contributed by atoms with van der Waals surface area (Å²) in [6.45, 7) is 11.7. The second-order valence-electron chi connectivity index (χ2n) is 5.15. The van der Waals surface area contributed by atoms with Gasteiger partial charge in [0.25, 0.3) is 0 Å². The molecule has 4 nitrogen and oxygen atoms in total. The van der Waals surface area contributed by atoms with E-state index in [1.807, 2.05) is 0 Å². The van der Waals surface area contributed by atoms with E-state index in [1.165, 1.54) is 6.42 Å². The minimum atomic E-state index is -0.694. The number of carbonyl (C=O) groups is 1. The van der Waals surface area contributed by atoms with Gasteiger partial charge in [-0.25, -0.2) is 0 Å². The lowest BCUT2D eigenvalue weighted by atomic mass is 9.99. The number of carboxylic acid groups (broad SMARTS) is 1. The summed E-state index contributed by atoms with van der Waals surface area (Å²) in [6.07, 6.45) is 1.49. The number of aliphatic carboxylic acids is 1. The van der Waals surface area contributed by atoms with Crippen LogP contribution < -0.4 is 0 Å². The zero-order valence-electron chi connectivity index (χ0n) is 11.4. The van der Waals surface area contributed by atoms with E-state index in [4.69, 9.17) is 5.11 Å². The van der Waals surface area contributed by atoms with E-state index in [-0.39, 0.29) is 6.42 Å². The number of hydrogen-bond acceptors (Lipinski definition) is 3. The molecular weight excluding hydrogens is 216 g/mol. The SMILES string of the molecule is CCC(C)C(C)N1CCN(CCC(=O)O)CC1. The van der Waals surface area contributed by atoms with Crippen LogP contribution in [0.1, 0.15) is 33.6 Å². The molecule has 2 atom stereocenters. The Morgan fingerprint density at radius 1 is 1.24 bits per heavy atom. The zero-order valence-corrected chi connectivity index (χ0v) is 11.4. The molecule has 1 aliphatic heterocycles. The Labute approximate surface area is 105 Å². The second-order valence-corrected chi connectivity index (χ2v) is 5.15. The lowest BCUT2D eigenvalue weighted by Crippen LogP contribution is -2.51. The third-order valence-electron chi connectivity index (χ3n) is 4.09. The van der Waals surface area contributed by atoms with Gasteiger partial charge in [-0.1, -0.05) is 20.3 Å². The van der Waals surface area contributed by atoms with Crippen molar-refractivity contribution in [1.82, 2.24) is 9.80 Å². The Morgan fingerprint density at radius 2 is 1.82 bits per heavy atom. The standard InChI is InChI=1S/C13H26N2O2/c1-4-11(2)12(3)15-9-7-14(8-10-15)6-5-13(16)17/h11-12H,4-10H2,1-3H3,(H,16,17). The first-order chi connectivity index (χ1) is 8.04. The summed E-state index contributed by atoms with van der Waals surface area (Å²) in [7, 11) is 0. The maximum atomic E-state index is 10.5. The molecular formula is C13H26N2O2. The first-order valence-electron chi connectivity index (χ1n) is 6.72. The predicted molar refractivity (Wildman–Crippen MR) is 69.2 cm³/mol. The molecule has 4 heteroatoms. The Morgan fingerprint density at radius 3 is 2.29 bits per heavy atom. The first-order valence-corrected chi connectivity index (χ1v) is 6.72. The average molecular weight is 242 g/mol. The fraction of sp³-hybridized carbons (Fsp3) is 0.923. The lowest BCUT2D eigenvalue weighted by Gasteiger charge is -2.39. The molecule has 0 aromatic rings. The van der Waals surface area contributed by atoms with Gasteiger partial charge in [-0.3, -0.25) is 9.69 Å². The van der Waals surface area contributed by atoms with E-state index in [9.17, 15) is 4.79 Å². The number of rotatable bonds is 6. The van der Waals surface area contributed by atoms with E-state index in [2.05, 4.69) is 30.6 Å². The van der Waals surface area contributed by atoms with E-state index in [0.717, 1.165) is 32.1 Å². The minimum absolute atomic E-state index is 0.265. The van der Waals surface area contributed by atoms with Crippen molar-refractivity contribution < 1.29 is 9.90 Å². The largest absolute Gasteiger partial charge is 0.481 e. The van der Waals surface area contributed by atoms with Gasteiger partial charge in [0.1, 0.15) is 0 Å². The monoisotopic (exact) mass is 242 g/mol. The molecule has 0 bridgehead atoms. The molecule has 17 heavy (non-hydrogen) atoms. The molecule has 0 amide bonds. The summed E-state index contributed by atoms with van der Waals surface area (Å²) >= 11 is 0. The van der Waals surface area contributed by atoms with E-state index in [0.29, 0.717) is 12.6 Å². The molecule has 2 unspecified atom stereocenters. The molecule has 0 aromatic heterocycles. The maximum absolute atomic E-state index is 10.5. The van der Waals surface area contributed by atoms with Gasteiger partial charge in [0, 0.05) is 38.8 Å². The van der Waals surface area contributed by atoms with Crippen molar-refractivity contribution in [2.75, 3.05) is 32.7 Å². The van der Waals surface area contributed by atoms with Crippen LogP contribution in [0.3, 0.4) is 0 Å². The summed E-state index contributed by atoms with van der Waals surface area (Å²) < 4.78 is 0. The van der Waals surface area contributed by atoms with Crippen LogP contribution in [0.5, 0.6) is 0 Å². The number of piperazine rings is 1. The van der Waals surface area contributed by atoms with Crippen LogP contribution in [0.4, 0.5) is 0 Å². The van der Waals surface area contributed by atoms with Gasteiger partial charge in [-0.15, -0.1) is 0 Å². The van der Waals surface area contributed by atoms with Crippen LogP contribution in [0.2, 0.25) is 0 Å². The van der Waals surface area contributed by atoms with Gasteiger partial charge in [0.15, 0.2) is 0 Å². The topological polar surface area (TPSA) is 43.8 Å². The van der Waals surface area contributed by atoms with Crippen LogP contribution in [-0.2, 0) is 4.79 Å². The molecule has 0 aromatic carbocycles. The third-order valence-corrected chi connectivity index (χ3v) is 4.09. The maximum Gasteiger partial charge on any atom is 0.304 e. The first kappa shape index (κ1) is 14.5. The minimum Gasteiger partial charge on any atom is -0.481 e. The highest BCUT2D eigenvalue weighted by Crippen LogP contribution is 2.16. The number of hydrogen-bond donors (Lipinski definition) is 1. The molecule has 1 N–H and O–H groups in total. The molecule has 1 fully saturated rings. The molecule has 0 spiro atoms. The third kappa shape index (κ3) is 4.64. The van der Waals surface area contributed by atoms with Gasteiger partial charge >= 0.3 is 5.97 Å². The van der Waals surface area contributed by atoms with Gasteiger partial charge in [-0.2, -0.15) is 0 Å². The van der Waals surface area contributed by atoms with E-state index < -0.39 is 5.97 Å². The molecule has 100 valence electrons. The van der Waals surface area contributed by atoms with Crippen molar-refractivity contribution in [3.63, 3.8) is 0 Å². The van der Waals surface area contributed by atoms with Gasteiger partial charge in [0.05, 0.1) is 6.42 Å². The molecule has 1 aliphatic rings. The lowest BCUT2D eigenvalue weighted by molar-refractivity contribution is -0.137. The summed E-state index contributed by atoms with van der Waals surface area (Å²) in [5.41, 5.74) is 0. The molecule has 0 aliphatic carbocycles. The van der Waals surface area contributed by atoms with Crippen molar-refractivity contribution in [3.05, 3.63) is 0 Å². The van der Waals surface area contributed by atoms with Crippen molar-refractivity contribution in [2.45, 2.75) is 39.7 Å². The zero-order chi connectivity index (χ0) is 12.8. The predicted octanol–water partition coefficient (Wildman–Crippen LogP) is 1.51. The van der Waals surface area contributed by atoms with Crippen LogP contribution in [-0.4, -0.2) is 59.6 Å². The quantitative estimate of drug-likeness (QED) is 0.767. The smallest absolute Gasteiger partial charge is 0.304 e. The second kappa shape index (κ2) is 6.97. The van der Waals surface area contributed by atoms with Crippen molar-refractivity contribution in [3.8, 4) is 0 Å². The van der Waals surface area contributed by atoms with E-state index >= 15 is 0 Å². The Hall–Kier alpha value is -0.610. The van der Waals surface area contributed by atoms with E-state index in [1.54, 1.807) is 0 Å². The molecule has 1 saturated heterocycles. The van der Waals surface area contributed by atoms with Gasteiger partial charge < -0.3 is 10.0 Å². The van der Waals surface area contributed by atoms with Crippen molar-refractivity contribution in [2.24, 2.45) is 5.92 Å². The summed E-state index contributed by atoms with van der Waals surface area (Å²) in [4.78, 5) is 15.3. The van der Waals surface area contributed by atoms with Crippen molar-refractivity contribution >= 4 is 5.97 Å². The average Bonchev–Trinajstić information content (AvgIpc) is 2.35. The van der Waals surface area contributed by atoms with Gasteiger partial charge in [0.2, 0.25) is 0 Å². The fourth-order valence-corrected chi connectivity index (χ4v) is 2.35. The summed E-state index contributed by atoms with van der Waals surface area (Å²) in [6, 6.07) is 0.640.